The largest absolute Gasteiger partial charge is 0.336 e. The number of aryl methyl sites for hydroxylation is 1. The smallest absolute Gasteiger partial charge is 0.318 e. The third kappa shape index (κ3) is 3.86. The van der Waals surface area contributed by atoms with E-state index in [4.69, 9.17) is 0 Å². The molecule has 3 aromatic rings. The number of nitrogens with one attached hydrogen (secondary N) is 1. The van der Waals surface area contributed by atoms with E-state index in [0.29, 0.717) is 12.5 Å². The van der Waals surface area contributed by atoms with Gasteiger partial charge in [-0.25, -0.2) is 14.5 Å². The highest BCUT2D eigenvalue weighted by Crippen LogP contribution is 2.40. The Hall–Kier alpha value is -3.09. The summed E-state index contributed by atoms with van der Waals surface area (Å²) in [6.07, 6.45) is 9.63. The van der Waals surface area contributed by atoms with Crippen LogP contribution in [0.3, 0.4) is 0 Å². The number of carbonyl (C=O) groups excluding carboxylic acids is 1. The molecular formula is C20H24N6O. The van der Waals surface area contributed by atoms with Gasteiger partial charge in [-0.2, -0.15) is 5.10 Å². The van der Waals surface area contributed by atoms with Gasteiger partial charge in [0, 0.05) is 45.4 Å². The first-order valence-corrected chi connectivity index (χ1v) is 9.19. The summed E-state index contributed by atoms with van der Waals surface area (Å²) < 4.78 is 3.80. The van der Waals surface area contributed by atoms with Crippen molar-refractivity contribution in [1.82, 2.24) is 29.5 Å². The van der Waals surface area contributed by atoms with Crippen LogP contribution in [0.2, 0.25) is 0 Å². The molecule has 0 aliphatic heterocycles. The van der Waals surface area contributed by atoms with Crippen molar-refractivity contribution in [3.05, 3.63) is 66.5 Å². The summed E-state index contributed by atoms with van der Waals surface area (Å²) in [5.41, 5.74) is 2.07. The predicted molar refractivity (Wildman–Crippen MR) is 102 cm³/mol. The van der Waals surface area contributed by atoms with Crippen LogP contribution >= 0.6 is 0 Å². The summed E-state index contributed by atoms with van der Waals surface area (Å²) in [7, 11) is 3.79. The summed E-state index contributed by atoms with van der Waals surface area (Å²) in [5, 5.41) is 7.39. The van der Waals surface area contributed by atoms with Gasteiger partial charge in [0.15, 0.2) is 0 Å². The van der Waals surface area contributed by atoms with Crippen LogP contribution in [-0.2, 0) is 13.6 Å². The van der Waals surface area contributed by atoms with Gasteiger partial charge in [0.05, 0.1) is 11.7 Å². The number of amides is 2. The molecule has 1 atom stereocenters. The van der Waals surface area contributed by atoms with Crippen molar-refractivity contribution in [3.63, 3.8) is 0 Å². The summed E-state index contributed by atoms with van der Waals surface area (Å²) >= 11 is 0. The Labute approximate surface area is 158 Å². The van der Waals surface area contributed by atoms with Crippen LogP contribution in [0.5, 0.6) is 0 Å². The molecule has 140 valence electrons. The van der Waals surface area contributed by atoms with Gasteiger partial charge >= 0.3 is 6.03 Å². The van der Waals surface area contributed by atoms with Crippen molar-refractivity contribution in [2.75, 3.05) is 7.05 Å². The van der Waals surface area contributed by atoms with Crippen LogP contribution in [0.25, 0.3) is 5.69 Å². The van der Waals surface area contributed by atoms with Crippen LogP contribution in [0.1, 0.15) is 30.3 Å². The normalized spacial score (nSPS) is 14.7. The number of urea groups is 1. The highest BCUT2D eigenvalue weighted by Gasteiger charge is 2.36. The van der Waals surface area contributed by atoms with E-state index in [0.717, 1.165) is 29.9 Å². The molecule has 2 aromatic heterocycles. The standard InChI is InChI=1S/C20H24N6O/c1-24-13-11-21-19(24)18(16-6-7-16)23-20(27)25(2)14-15-4-8-17(9-5-15)26-12-3-10-22-26/h3-5,8-13,16,18H,6-7,14H2,1-2H3,(H,23,27). The molecule has 0 spiro atoms. The number of benzene rings is 1. The summed E-state index contributed by atoms with van der Waals surface area (Å²) in [6.45, 7) is 0.545. The van der Waals surface area contributed by atoms with E-state index in [9.17, 15) is 4.79 Å². The molecule has 1 aromatic carbocycles. The number of nitrogens with zero attached hydrogens (tertiary/aromatic N) is 5. The van der Waals surface area contributed by atoms with Crippen LogP contribution in [-0.4, -0.2) is 37.3 Å². The van der Waals surface area contributed by atoms with Gasteiger partial charge in [-0.3, -0.25) is 0 Å². The molecule has 7 heteroatoms. The zero-order chi connectivity index (χ0) is 18.8. The van der Waals surface area contributed by atoms with Crippen molar-refractivity contribution in [2.45, 2.75) is 25.4 Å². The third-order valence-corrected chi connectivity index (χ3v) is 4.98. The minimum atomic E-state index is -0.0777. The van der Waals surface area contributed by atoms with E-state index in [1.165, 1.54) is 0 Å². The Morgan fingerprint density at radius 2 is 2.04 bits per heavy atom. The van der Waals surface area contributed by atoms with E-state index < -0.39 is 0 Å². The second-order valence-corrected chi connectivity index (χ2v) is 7.13. The maximum Gasteiger partial charge on any atom is 0.318 e. The Kier molecular flexibility index (Phi) is 4.66. The van der Waals surface area contributed by atoms with Crippen LogP contribution in [0.4, 0.5) is 4.79 Å². The number of aromatic nitrogens is 4. The lowest BCUT2D eigenvalue weighted by atomic mass is 10.1. The van der Waals surface area contributed by atoms with Crippen molar-refractivity contribution >= 4 is 6.03 Å². The Morgan fingerprint density at radius 3 is 2.63 bits per heavy atom. The molecule has 1 aliphatic carbocycles. The Balaban J connectivity index is 1.39. The average molecular weight is 364 g/mol. The van der Waals surface area contributed by atoms with Gasteiger partial charge in [0.2, 0.25) is 0 Å². The van der Waals surface area contributed by atoms with Gasteiger partial charge < -0.3 is 14.8 Å². The molecule has 0 bridgehead atoms. The minimum absolute atomic E-state index is 0.0258. The van der Waals surface area contributed by atoms with E-state index >= 15 is 0 Å². The van der Waals surface area contributed by atoms with Crippen molar-refractivity contribution in [3.8, 4) is 5.69 Å². The summed E-state index contributed by atoms with van der Waals surface area (Å²) in [4.78, 5) is 18.9. The van der Waals surface area contributed by atoms with Gasteiger partial charge in [-0.05, 0) is 42.5 Å². The highest BCUT2D eigenvalue weighted by atomic mass is 16.2. The lowest BCUT2D eigenvalue weighted by Crippen LogP contribution is -2.40. The van der Waals surface area contributed by atoms with Crippen LogP contribution < -0.4 is 5.32 Å². The topological polar surface area (TPSA) is 68.0 Å². The fourth-order valence-corrected chi connectivity index (χ4v) is 3.26. The molecule has 4 rings (SSSR count). The maximum absolute atomic E-state index is 12.7. The van der Waals surface area contributed by atoms with Crippen molar-refractivity contribution in [1.29, 1.82) is 0 Å². The zero-order valence-corrected chi connectivity index (χ0v) is 15.6. The van der Waals surface area contributed by atoms with Gasteiger partial charge in [-0.15, -0.1) is 0 Å². The molecule has 1 aliphatic rings. The molecule has 0 saturated heterocycles. The second-order valence-electron chi connectivity index (χ2n) is 7.13. The second kappa shape index (κ2) is 7.26. The first-order valence-electron chi connectivity index (χ1n) is 9.19. The molecule has 1 saturated carbocycles. The first kappa shape index (κ1) is 17.3. The molecular weight excluding hydrogens is 340 g/mol. The van der Waals surface area contributed by atoms with Crippen molar-refractivity contribution < 1.29 is 4.79 Å². The SMILES string of the molecule is CN(Cc1ccc(-n2cccn2)cc1)C(=O)NC(c1nccn1C)C1CC1. The maximum atomic E-state index is 12.7. The van der Waals surface area contributed by atoms with Gasteiger partial charge in [-0.1, -0.05) is 12.1 Å². The monoisotopic (exact) mass is 364 g/mol. The molecule has 1 unspecified atom stereocenters. The van der Waals surface area contributed by atoms with E-state index in [1.54, 1.807) is 17.3 Å². The molecule has 1 fully saturated rings. The van der Waals surface area contributed by atoms with E-state index in [1.807, 2.05) is 66.1 Å². The Morgan fingerprint density at radius 1 is 1.26 bits per heavy atom. The fraction of sp³-hybridized carbons (Fsp3) is 0.350. The molecule has 0 radical (unpaired) electrons. The quantitative estimate of drug-likeness (QED) is 0.731. The van der Waals surface area contributed by atoms with Crippen molar-refractivity contribution in [2.24, 2.45) is 13.0 Å². The molecule has 7 nitrogen and oxygen atoms in total. The summed E-state index contributed by atoms with van der Waals surface area (Å²) in [6, 6.07) is 9.86. The number of carbonyl (C=O) groups is 1. The highest BCUT2D eigenvalue weighted by molar-refractivity contribution is 5.74. The molecule has 2 heterocycles. The van der Waals surface area contributed by atoms with Gasteiger partial charge in [0.25, 0.3) is 0 Å². The summed E-state index contributed by atoms with van der Waals surface area (Å²) in [5.74, 6) is 1.40. The van der Waals surface area contributed by atoms with E-state index in [2.05, 4.69) is 15.4 Å². The first-order chi connectivity index (χ1) is 13.1. The fourth-order valence-electron chi connectivity index (χ4n) is 3.26. The van der Waals surface area contributed by atoms with Gasteiger partial charge in [0.1, 0.15) is 5.82 Å². The number of rotatable bonds is 6. The number of hydrogen-bond donors (Lipinski definition) is 1. The predicted octanol–water partition coefficient (Wildman–Crippen LogP) is 2.90. The minimum Gasteiger partial charge on any atom is -0.336 e. The molecule has 1 N–H and O–H groups in total. The zero-order valence-electron chi connectivity index (χ0n) is 15.6. The lowest BCUT2D eigenvalue weighted by Gasteiger charge is -2.23. The average Bonchev–Trinajstić information content (AvgIpc) is 3.18. The molecule has 2 amide bonds. The Bertz CT molecular complexity index is 895. The van der Waals surface area contributed by atoms with E-state index in [-0.39, 0.29) is 12.1 Å². The number of imidazole rings is 1. The molecule has 27 heavy (non-hydrogen) atoms. The third-order valence-electron chi connectivity index (χ3n) is 4.98. The van der Waals surface area contributed by atoms with Crippen LogP contribution in [0, 0.1) is 5.92 Å². The van der Waals surface area contributed by atoms with Crippen LogP contribution in [0.15, 0.2) is 55.1 Å². The number of hydrogen-bond acceptors (Lipinski definition) is 3. The lowest BCUT2D eigenvalue weighted by molar-refractivity contribution is 0.200.